The third kappa shape index (κ3) is 8.31. The predicted molar refractivity (Wildman–Crippen MR) is 234 cm³/mol. The van der Waals surface area contributed by atoms with Gasteiger partial charge in [-0.1, -0.05) is 35.7 Å². The summed E-state index contributed by atoms with van der Waals surface area (Å²) in [6.45, 7) is 2.17. The Morgan fingerprint density at radius 1 is 0.941 bits per heavy atom. The molecule has 4 aliphatic carbocycles. The molecule has 0 unspecified atom stereocenters. The van der Waals surface area contributed by atoms with E-state index in [0.717, 1.165) is 16.8 Å². The van der Waals surface area contributed by atoms with E-state index in [1.54, 1.807) is 0 Å². The molecule has 360 valence electrons. The number of nitrogens with zero attached hydrogens (tertiary/aromatic N) is 5. The highest BCUT2D eigenvalue weighted by Crippen LogP contribution is 2.60. The highest BCUT2D eigenvalue weighted by Gasteiger charge is 2.60. The van der Waals surface area contributed by atoms with Gasteiger partial charge in [0, 0.05) is 28.7 Å². The molecule has 23 heteroatoms. The van der Waals surface area contributed by atoms with E-state index >= 15 is 8.78 Å². The number of sulfonamides is 1. The van der Waals surface area contributed by atoms with Crippen LogP contribution in [0, 0.1) is 29.4 Å². The molecule has 5 aromatic rings. The van der Waals surface area contributed by atoms with Crippen LogP contribution in [0.5, 0.6) is 0 Å². The Labute approximate surface area is 389 Å². The quantitative estimate of drug-likeness (QED) is 0.0598. The summed E-state index contributed by atoms with van der Waals surface area (Å²) in [5.74, 6) is -4.25. The topological polar surface area (TPSA) is 158 Å². The van der Waals surface area contributed by atoms with E-state index in [9.17, 15) is 48.0 Å². The van der Waals surface area contributed by atoms with Crippen LogP contribution < -0.4 is 10.0 Å². The van der Waals surface area contributed by atoms with E-state index < -0.39 is 125 Å². The number of aromatic nitrogens is 5. The van der Waals surface area contributed by atoms with Gasteiger partial charge in [0.1, 0.15) is 46.6 Å². The third-order valence-corrected chi connectivity index (χ3v) is 18.3. The van der Waals surface area contributed by atoms with Gasteiger partial charge in [0.25, 0.3) is 18.8 Å². The minimum absolute atomic E-state index is 0.00242. The van der Waals surface area contributed by atoms with Crippen molar-refractivity contribution in [3.8, 4) is 23.0 Å². The van der Waals surface area contributed by atoms with Crippen molar-refractivity contribution in [3.05, 3.63) is 105 Å². The number of carbonyl (C=O) groups excluding carboxylic acids is 1. The number of allylic oxidation sites excluding steroid dienone is 2. The highest BCUT2D eigenvalue weighted by molar-refractivity contribution is 7.94. The minimum Gasteiger partial charge on any atom is -0.346 e. The fraction of sp³-hybridized carbons (Fsp3) is 0.422. The zero-order chi connectivity index (χ0) is 49.0. The van der Waals surface area contributed by atoms with E-state index in [0.29, 0.717) is 36.4 Å². The number of alkyl halides is 6. The molecule has 3 atom stereocenters. The maximum absolute atomic E-state index is 15.8. The summed E-state index contributed by atoms with van der Waals surface area (Å²) in [4.78, 5) is 19.0. The van der Waals surface area contributed by atoms with Gasteiger partial charge in [-0.2, -0.15) is 19.0 Å². The molecule has 0 aliphatic heterocycles. The first-order chi connectivity index (χ1) is 31.8. The molecule has 0 spiro atoms. The van der Waals surface area contributed by atoms with Crippen LogP contribution >= 0.6 is 11.6 Å². The molecular weight excluding hydrogens is 970 g/mol. The van der Waals surface area contributed by atoms with E-state index in [1.165, 1.54) is 57.2 Å². The van der Waals surface area contributed by atoms with Crippen LogP contribution in [0.15, 0.2) is 54.6 Å². The Balaban J connectivity index is 1.22. The van der Waals surface area contributed by atoms with Gasteiger partial charge in [0.15, 0.2) is 15.7 Å². The highest BCUT2D eigenvalue weighted by atomic mass is 35.5. The average Bonchev–Trinajstić information content (AvgIpc) is 4.14. The van der Waals surface area contributed by atoms with Crippen LogP contribution in [-0.4, -0.2) is 68.5 Å². The van der Waals surface area contributed by atoms with Crippen LogP contribution in [0.2, 0.25) is 5.02 Å². The van der Waals surface area contributed by atoms with E-state index in [-0.39, 0.29) is 49.8 Å². The van der Waals surface area contributed by atoms with Gasteiger partial charge in [-0.3, -0.25) is 18.9 Å². The molecule has 2 saturated carbocycles. The summed E-state index contributed by atoms with van der Waals surface area (Å²) in [5, 5.41) is 9.76. The summed E-state index contributed by atoms with van der Waals surface area (Å²) >= 11 is 6.69. The van der Waals surface area contributed by atoms with Gasteiger partial charge in [-0.05, 0) is 94.7 Å². The molecule has 2 N–H and O–H groups in total. The second-order valence-electron chi connectivity index (χ2n) is 18.2. The van der Waals surface area contributed by atoms with Crippen molar-refractivity contribution in [1.82, 2.24) is 29.9 Å². The number of benzene rings is 2. The Kier molecular flexibility index (Phi) is 11.6. The van der Waals surface area contributed by atoms with Gasteiger partial charge in [0.05, 0.1) is 43.6 Å². The van der Waals surface area contributed by atoms with Crippen molar-refractivity contribution in [3.63, 3.8) is 0 Å². The number of nitrogens with one attached hydrogen (secondary N) is 2. The number of hydrogen-bond donors (Lipinski definition) is 2. The fourth-order valence-corrected chi connectivity index (χ4v) is 12.1. The summed E-state index contributed by atoms with van der Waals surface area (Å²) in [6.07, 6.45) is -2.81. The molecule has 0 saturated heterocycles. The lowest BCUT2D eigenvalue weighted by molar-refractivity contribution is -0.123. The molecule has 4 aliphatic rings. The number of carbonyl (C=O) groups is 1. The molecule has 0 bridgehead atoms. The molecular formula is C45H40ClF8N7O5S2. The second-order valence-corrected chi connectivity index (χ2v) is 23.6. The van der Waals surface area contributed by atoms with Gasteiger partial charge in [0.2, 0.25) is 15.9 Å². The maximum atomic E-state index is 15.8. The number of amides is 1. The second kappa shape index (κ2) is 16.6. The van der Waals surface area contributed by atoms with Gasteiger partial charge in [-0.15, -0.1) is 0 Å². The molecule has 0 radical (unpaired) electrons. The normalized spacial score (nSPS) is 19.6. The van der Waals surface area contributed by atoms with E-state index in [2.05, 4.69) is 32.1 Å². The number of pyridine rings is 1. The number of halogens is 9. The summed E-state index contributed by atoms with van der Waals surface area (Å²) in [5.41, 5.74) is -2.76. The maximum Gasteiger partial charge on any atom is 0.296 e. The van der Waals surface area contributed by atoms with Crippen LogP contribution in [0.3, 0.4) is 0 Å². The van der Waals surface area contributed by atoms with Crippen molar-refractivity contribution in [1.29, 1.82) is 0 Å². The van der Waals surface area contributed by atoms with E-state index in [1.807, 2.05) is 0 Å². The molecule has 9 rings (SSSR count). The monoisotopic (exact) mass is 1010 g/mol. The summed E-state index contributed by atoms with van der Waals surface area (Å²) < 4.78 is 173. The Morgan fingerprint density at radius 2 is 1.62 bits per heavy atom. The number of hydrogen-bond acceptors (Lipinski definition) is 8. The van der Waals surface area contributed by atoms with Gasteiger partial charge >= 0.3 is 0 Å². The number of sulfone groups is 1. The number of anilines is 1. The predicted octanol–water partition coefficient (Wildman–Crippen LogP) is 8.91. The zero-order valence-corrected chi connectivity index (χ0v) is 38.5. The van der Waals surface area contributed by atoms with Gasteiger partial charge < -0.3 is 5.32 Å². The zero-order valence-electron chi connectivity index (χ0n) is 36.1. The summed E-state index contributed by atoms with van der Waals surface area (Å²) in [7, 11) is -7.91. The van der Waals surface area contributed by atoms with Crippen LogP contribution in [0.1, 0.15) is 98.7 Å². The van der Waals surface area contributed by atoms with Crippen molar-refractivity contribution in [2.24, 2.45) is 5.92 Å². The third-order valence-electron chi connectivity index (χ3n) is 12.9. The largest absolute Gasteiger partial charge is 0.346 e. The molecule has 12 nitrogen and oxygen atoms in total. The first kappa shape index (κ1) is 47.5. The van der Waals surface area contributed by atoms with Crippen molar-refractivity contribution in [2.45, 2.75) is 111 Å². The first-order valence-corrected chi connectivity index (χ1v) is 24.7. The molecule has 2 aromatic carbocycles. The Bertz CT molecular complexity index is 3230. The lowest BCUT2D eigenvalue weighted by Crippen LogP contribution is -2.36. The van der Waals surface area contributed by atoms with Crippen molar-refractivity contribution < 1.29 is 56.8 Å². The van der Waals surface area contributed by atoms with Crippen molar-refractivity contribution in [2.75, 3.05) is 4.72 Å². The number of rotatable bonds is 15. The molecule has 1 amide bonds. The lowest BCUT2D eigenvalue weighted by Gasteiger charge is -2.27. The molecule has 68 heavy (non-hydrogen) atoms. The van der Waals surface area contributed by atoms with Crippen LogP contribution in [-0.2, 0) is 50.1 Å². The van der Waals surface area contributed by atoms with Gasteiger partial charge in [-0.25, -0.2) is 48.2 Å². The lowest BCUT2D eigenvalue weighted by atomic mass is 9.81. The van der Waals surface area contributed by atoms with Crippen molar-refractivity contribution >= 4 is 54.1 Å². The number of fused-ring (bicyclic) bond motifs is 4. The Hall–Kier alpha value is -5.53. The minimum atomic E-state index is -4.15. The van der Waals surface area contributed by atoms with Crippen LogP contribution in [0.4, 0.5) is 40.9 Å². The Morgan fingerprint density at radius 3 is 2.22 bits per heavy atom. The first-order valence-electron chi connectivity index (χ1n) is 21.3. The fourth-order valence-electron chi connectivity index (χ4n) is 8.77. The smallest absolute Gasteiger partial charge is 0.296 e. The SMILES string of the molecule is CC1(S(=O)(=O)Nc2nn(CC(F)F)c3c(-c4ccc(C#CC(C)(C)S(=O)(=O)C5CC5)nc4[C@H](Cc4cc(F)cc(F)c4)NC(=O)Cn4nc(C(F)F)c5c4C(F)(F)[C@@H]4C=C[C@H]54)ccc(Cl)c23)CC1. The average molecular weight is 1010 g/mol. The summed E-state index contributed by atoms with van der Waals surface area (Å²) in [6, 6.07) is 6.33. The van der Waals surface area contributed by atoms with Crippen LogP contribution in [0.25, 0.3) is 22.0 Å². The molecule has 2 fully saturated rings. The molecule has 3 aromatic heterocycles. The standard InChI is InChI=1S/C45H40ClF8N7O5S2/c1-43(2,67(63,64)26-5-6-26)13-12-25-4-7-27(28-9-11-31(46)36-39(28)60(20-33(49)50)58-42(36)59-68(65,66)44(3)14-15-44)37(55-25)32(18-22-16-23(47)19-24(48)17-22)56-34(62)21-61-40-35(38(57-61)41(51)52)29-8-10-30(29)45(40,53)54/h4,7-11,16-17,19,26,29-30,32-33,41H,5-6,14-15,18,20-21H2,1-3H3,(H,56,62)(H,58,59)/t29-,30+,32-/m0/s1. The molecule has 3 heterocycles. The van der Waals surface area contributed by atoms with E-state index in [4.69, 9.17) is 16.6 Å².